The number of nitrogens with zero attached hydrogens (tertiary/aromatic N) is 2. The van der Waals surface area contributed by atoms with E-state index < -0.39 is 0 Å². The van der Waals surface area contributed by atoms with E-state index in [4.69, 9.17) is 4.42 Å². The Kier molecular flexibility index (Phi) is 3.33. The highest BCUT2D eigenvalue weighted by Gasteiger charge is 2.14. The van der Waals surface area contributed by atoms with Gasteiger partial charge in [-0.2, -0.15) is 0 Å². The molecule has 3 rings (SSSR count). The molecular formula is C15H17N3O. The highest BCUT2D eigenvalue weighted by molar-refractivity contribution is 5.74. The molecule has 0 saturated carbocycles. The maximum atomic E-state index is 5.51. The highest BCUT2D eigenvalue weighted by Crippen LogP contribution is 2.19. The van der Waals surface area contributed by atoms with Gasteiger partial charge in [0.25, 0.3) is 0 Å². The third-order valence-corrected chi connectivity index (χ3v) is 3.24. The zero-order valence-corrected chi connectivity index (χ0v) is 10.9. The molecule has 1 atom stereocenters. The first-order chi connectivity index (χ1) is 9.38. The van der Waals surface area contributed by atoms with Crippen LogP contribution in [0, 0.1) is 0 Å². The number of nitrogens with one attached hydrogen (secondary N) is 1. The summed E-state index contributed by atoms with van der Waals surface area (Å²) >= 11 is 0. The van der Waals surface area contributed by atoms with Crippen LogP contribution in [0.1, 0.15) is 18.7 Å². The summed E-state index contributed by atoms with van der Waals surface area (Å²) in [6.07, 6.45) is 3.60. The predicted molar refractivity (Wildman–Crippen MR) is 74.9 cm³/mol. The van der Waals surface area contributed by atoms with Gasteiger partial charge < -0.3 is 14.3 Å². The molecule has 2 aromatic heterocycles. The summed E-state index contributed by atoms with van der Waals surface area (Å²) in [7, 11) is 0. The first-order valence-electron chi connectivity index (χ1n) is 6.55. The van der Waals surface area contributed by atoms with Gasteiger partial charge in [0.1, 0.15) is 5.76 Å². The van der Waals surface area contributed by atoms with Crippen LogP contribution >= 0.6 is 0 Å². The van der Waals surface area contributed by atoms with E-state index in [0.717, 1.165) is 29.9 Å². The lowest BCUT2D eigenvalue weighted by Gasteiger charge is -2.16. The number of benzene rings is 1. The summed E-state index contributed by atoms with van der Waals surface area (Å²) in [5.74, 6) is 0.958. The molecule has 4 heteroatoms. The number of para-hydroxylation sites is 2. The molecule has 0 saturated heterocycles. The zero-order chi connectivity index (χ0) is 13.1. The quantitative estimate of drug-likeness (QED) is 0.762. The molecule has 1 aromatic carbocycles. The molecule has 0 aliphatic rings. The summed E-state index contributed by atoms with van der Waals surface area (Å²) in [5.41, 5.74) is 2.18. The second kappa shape index (κ2) is 5.28. The predicted octanol–water partition coefficient (Wildman–Crippen LogP) is 2.98. The average Bonchev–Trinajstić information content (AvgIpc) is 3.08. The van der Waals surface area contributed by atoms with Gasteiger partial charge in [-0.3, -0.25) is 0 Å². The normalized spacial score (nSPS) is 12.9. The second-order valence-electron chi connectivity index (χ2n) is 4.51. The van der Waals surface area contributed by atoms with Crippen LogP contribution in [0.25, 0.3) is 11.0 Å². The highest BCUT2D eigenvalue weighted by atomic mass is 16.3. The number of aromatic nitrogens is 2. The van der Waals surface area contributed by atoms with Crippen LogP contribution in [0.15, 0.2) is 53.4 Å². The molecule has 1 unspecified atom stereocenters. The lowest BCUT2D eigenvalue weighted by atomic mass is 10.2. The van der Waals surface area contributed by atoms with Crippen LogP contribution in [0.2, 0.25) is 0 Å². The Balaban J connectivity index is 1.89. The number of hydrogen-bond donors (Lipinski definition) is 1. The van der Waals surface area contributed by atoms with Gasteiger partial charge >= 0.3 is 0 Å². The first-order valence-corrected chi connectivity index (χ1v) is 6.55. The Morgan fingerprint density at radius 2 is 2.16 bits per heavy atom. The Labute approximate surface area is 112 Å². The number of likely N-dealkylation sites (N-methyl/N-ethyl adjacent to an activating group) is 1. The van der Waals surface area contributed by atoms with Crippen LogP contribution in [0.3, 0.4) is 0 Å². The van der Waals surface area contributed by atoms with E-state index in [-0.39, 0.29) is 6.04 Å². The van der Waals surface area contributed by atoms with Gasteiger partial charge in [0.15, 0.2) is 0 Å². The fourth-order valence-corrected chi connectivity index (χ4v) is 2.34. The Morgan fingerprint density at radius 3 is 2.95 bits per heavy atom. The fraction of sp³-hybridized carbons (Fsp3) is 0.267. The van der Waals surface area contributed by atoms with Crippen molar-refractivity contribution in [3.63, 3.8) is 0 Å². The van der Waals surface area contributed by atoms with Crippen molar-refractivity contribution in [3.8, 4) is 0 Å². The van der Waals surface area contributed by atoms with E-state index in [1.165, 1.54) is 0 Å². The van der Waals surface area contributed by atoms with E-state index in [9.17, 15) is 0 Å². The van der Waals surface area contributed by atoms with E-state index in [0.29, 0.717) is 0 Å². The summed E-state index contributed by atoms with van der Waals surface area (Å²) in [5, 5.41) is 3.45. The first kappa shape index (κ1) is 12.0. The molecule has 0 radical (unpaired) electrons. The van der Waals surface area contributed by atoms with E-state index in [2.05, 4.69) is 27.9 Å². The minimum atomic E-state index is 0.164. The average molecular weight is 255 g/mol. The number of hydrogen-bond acceptors (Lipinski definition) is 3. The van der Waals surface area contributed by atoms with Crippen LogP contribution in [0.5, 0.6) is 0 Å². The van der Waals surface area contributed by atoms with Crippen molar-refractivity contribution >= 4 is 11.0 Å². The molecule has 0 aliphatic heterocycles. The maximum absolute atomic E-state index is 5.51. The summed E-state index contributed by atoms with van der Waals surface area (Å²) < 4.78 is 7.67. The van der Waals surface area contributed by atoms with Crippen molar-refractivity contribution in [3.05, 3.63) is 54.7 Å². The number of fused-ring (bicyclic) bond motifs is 1. The standard InChI is InChI=1S/C15H17N3O/c1-2-16-13(15-8-5-9-19-15)10-18-11-17-12-6-3-4-7-14(12)18/h3-9,11,13,16H,2,10H2,1H3. The van der Waals surface area contributed by atoms with Gasteiger partial charge in [0.05, 0.1) is 29.7 Å². The lowest BCUT2D eigenvalue weighted by molar-refractivity contribution is 0.385. The largest absolute Gasteiger partial charge is 0.468 e. The number of imidazole rings is 1. The molecule has 19 heavy (non-hydrogen) atoms. The van der Waals surface area contributed by atoms with Gasteiger partial charge in [-0.25, -0.2) is 4.98 Å². The Morgan fingerprint density at radius 1 is 1.26 bits per heavy atom. The topological polar surface area (TPSA) is 43.0 Å². The molecular weight excluding hydrogens is 238 g/mol. The van der Waals surface area contributed by atoms with Crippen molar-refractivity contribution < 1.29 is 4.42 Å². The van der Waals surface area contributed by atoms with Crippen molar-refractivity contribution in [2.75, 3.05) is 6.54 Å². The molecule has 0 spiro atoms. The molecule has 0 fully saturated rings. The van der Waals surface area contributed by atoms with Crippen LogP contribution in [-0.4, -0.2) is 16.1 Å². The van der Waals surface area contributed by atoms with E-state index in [1.807, 2.05) is 36.7 Å². The monoisotopic (exact) mass is 255 g/mol. The zero-order valence-electron chi connectivity index (χ0n) is 10.9. The van der Waals surface area contributed by atoms with Crippen molar-refractivity contribution in [1.29, 1.82) is 0 Å². The molecule has 0 amide bonds. The molecule has 2 heterocycles. The smallest absolute Gasteiger partial charge is 0.122 e. The number of rotatable bonds is 5. The van der Waals surface area contributed by atoms with E-state index in [1.54, 1.807) is 6.26 Å². The van der Waals surface area contributed by atoms with E-state index >= 15 is 0 Å². The van der Waals surface area contributed by atoms with Crippen LogP contribution in [0.4, 0.5) is 0 Å². The van der Waals surface area contributed by atoms with Gasteiger partial charge in [0, 0.05) is 6.54 Å². The second-order valence-corrected chi connectivity index (χ2v) is 4.51. The van der Waals surface area contributed by atoms with Gasteiger partial charge in [-0.15, -0.1) is 0 Å². The van der Waals surface area contributed by atoms with Crippen LogP contribution < -0.4 is 5.32 Å². The number of furan rings is 1. The molecule has 4 nitrogen and oxygen atoms in total. The minimum Gasteiger partial charge on any atom is -0.468 e. The molecule has 1 N–H and O–H groups in total. The van der Waals surface area contributed by atoms with Crippen LogP contribution in [-0.2, 0) is 6.54 Å². The fourth-order valence-electron chi connectivity index (χ4n) is 2.34. The SMILES string of the molecule is CCNC(Cn1cnc2ccccc21)c1ccco1. The van der Waals surface area contributed by atoms with Crippen molar-refractivity contribution in [1.82, 2.24) is 14.9 Å². The Hall–Kier alpha value is -2.07. The lowest BCUT2D eigenvalue weighted by Crippen LogP contribution is -2.24. The molecule has 0 aliphatic carbocycles. The van der Waals surface area contributed by atoms with Gasteiger partial charge in [-0.1, -0.05) is 19.1 Å². The summed E-state index contributed by atoms with van der Waals surface area (Å²) in [6.45, 7) is 3.81. The van der Waals surface area contributed by atoms with Gasteiger partial charge in [-0.05, 0) is 30.8 Å². The summed E-state index contributed by atoms with van der Waals surface area (Å²) in [4.78, 5) is 4.42. The third kappa shape index (κ3) is 2.39. The Bertz CT molecular complexity index is 642. The molecule has 0 bridgehead atoms. The molecule has 3 aromatic rings. The summed E-state index contributed by atoms with van der Waals surface area (Å²) in [6, 6.07) is 12.3. The minimum absolute atomic E-state index is 0.164. The van der Waals surface area contributed by atoms with Crippen molar-refractivity contribution in [2.45, 2.75) is 19.5 Å². The third-order valence-electron chi connectivity index (χ3n) is 3.24. The van der Waals surface area contributed by atoms with Gasteiger partial charge in [0.2, 0.25) is 0 Å². The molecule has 98 valence electrons. The maximum Gasteiger partial charge on any atom is 0.122 e. The van der Waals surface area contributed by atoms with Crippen molar-refractivity contribution in [2.24, 2.45) is 0 Å².